The molecule has 0 N–H and O–H groups in total. The van der Waals surface area contributed by atoms with E-state index < -0.39 is 0 Å². The average molecular weight is 289 g/mol. The molecule has 0 saturated heterocycles. The maximum absolute atomic E-state index is 12.3. The fourth-order valence-electron chi connectivity index (χ4n) is 3.07. The van der Waals surface area contributed by atoms with Gasteiger partial charge in [0.15, 0.2) is 0 Å². The molecular formula is C19H15NO2. The number of aromatic nitrogens is 1. The molecule has 2 aromatic carbocycles. The van der Waals surface area contributed by atoms with Gasteiger partial charge in [0.25, 0.3) is 0 Å². The molecule has 108 valence electrons. The smallest absolute Gasteiger partial charge is 0.345 e. The van der Waals surface area contributed by atoms with Gasteiger partial charge in [0.1, 0.15) is 5.58 Å². The lowest BCUT2D eigenvalue weighted by Gasteiger charge is -2.10. The molecule has 4 rings (SSSR count). The van der Waals surface area contributed by atoms with Crippen LogP contribution in [0, 0.1) is 13.8 Å². The minimum Gasteiger partial charge on any atom is -0.422 e. The van der Waals surface area contributed by atoms with E-state index >= 15 is 0 Å². The predicted molar refractivity (Wildman–Crippen MR) is 88.8 cm³/mol. The third kappa shape index (κ3) is 1.79. The van der Waals surface area contributed by atoms with Gasteiger partial charge in [-0.1, -0.05) is 24.3 Å². The molecule has 22 heavy (non-hydrogen) atoms. The number of hydrogen-bond donors (Lipinski definition) is 0. The van der Waals surface area contributed by atoms with Crippen molar-refractivity contribution < 1.29 is 4.42 Å². The molecule has 0 amide bonds. The number of hydrogen-bond acceptors (Lipinski definition) is 2. The van der Waals surface area contributed by atoms with E-state index in [0.29, 0.717) is 11.0 Å². The van der Waals surface area contributed by atoms with E-state index in [0.717, 1.165) is 22.3 Å². The Kier molecular flexibility index (Phi) is 2.70. The molecule has 0 unspecified atom stereocenters. The lowest BCUT2D eigenvalue weighted by Crippen LogP contribution is -2.01. The lowest BCUT2D eigenvalue weighted by molar-refractivity contribution is 0.569. The Morgan fingerprint density at radius 1 is 0.909 bits per heavy atom. The minimum atomic E-state index is -0.289. The van der Waals surface area contributed by atoms with Gasteiger partial charge in [-0.3, -0.25) is 0 Å². The van der Waals surface area contributed by atoms with Crippen molar-refractivity contribution in [2.45, 2.75) is 13.8 Å². The SMILES string of the molecule is Cc1cccc(-n2c(C)cc3c(=O)oc4ccccc4c32)c1. The summed E-state index contributed by atoms with van der Waals surface area (Å²) in [5.41, 5.74) is 4.50. The number of benzene rings is 2. The van der Waals surface area contributed by atoms with Crippen molar-refractivity contribution in [1.82, 2.24) is 4.57 Å². The Morgan fingerprint density at radius 3 is 2.55 bits per heavy atom. The molecule has 3 nitrogen and oxygen atoms in total. The van der Waals surface area contributed by atoms with Gasteiger partial charge < -0.3 is 8.98 Å². The van der Waals surface area contributed by atoms with Crippen molar-refractivity contribution in [3.05, 3.63) is 76.3 Å². The first-order valence-corrected chi connectivity index (χ1v) is 7.26. The van der Waals surface area contributed by atoms with Crippen LogP contribution in [0.25, 0.3) is 27.6 Å². The number of para-hydroxylation sites is 1. The van der Waals surface area contributed by atoms with Gasteiger partial charge in [-0.2, -0.15) is 0 Å². The monoisotopic (exact) mass is 289 g/mol. The van der Waals surface area contributed by atoms with E-state index in [1.807, 2.05) is 43.3 Å². The highest BCUT2D eigenvalue weighted by Crippen LogP contribution is 2.28. The molecule has 4 aromatic rings. The molecule has 0 aliphatic carbocycles. The quantitative estimate of drug-likeness (QED) is 0.488. The first kappa shape index (κ1) is 12.9. The Hall–Kier alpha value is -2.81. The number of rotatable bonds is 1. The average Bonchev–Trinajstić information content (AvgIpc) is 2.85. The zero-order chi connectivity index (χ0) is 15.3. The third-order valence-electron chi connectivity index (χ3n) is 4.01. The van der Waals surface area contributed by atoms with Crippen LogP contribution < -0.4 is 5.63 Å². The molecular weight excluding hydrogens is 274 g/mol. The van der Waals surface area contributed by atoms with E-state index in [4.69, 9.17) is 4.42 Å². The maximum atomic E-state index is 12.3. The third-order valence-corrected chi connectivity index (χ3v) is 4.01. The van der Waals surface area contributed by atoms with Gasteiger partial charge in [0.2, 0.25) is 0 Å². The van der Waals surface area contributed by atoms with Crippen LogP contribution in [-0.2, 0) is 0 Å². The van der Waals surface area contributed by atoms with Gasteiger partial charge in [-0.05, 0) is 49.7 Å². The molecule has 0 aliphatic rings. The largest absolute Gasteiger partial charge is 0.422 e. The van der Waals surface area contributed by atoms with Crippen LogP contribution in [0.1, 0.15) is 11.3 Å². The van der Waals surface area contributed by atoms with Crippen LogP contribution in [0.15, 0.2) is 63.8 Å². The summed E-state index contributed by atoms with van der Waals surface area (Å²) in [4.78, 5) is 12.3. The van der Waals surface area contributed by atoms with Crippen LogP contribution >= 0.6 is 0 Å². The summed E-state index contributed by atoms with van der Waals surface area (Å²) in [6.45, 7) is 4.08. The molecule has 3 heteroatoms. The summed E-state index contributed by atoms with van der Waals surface area (Å²) in [5.74, 6) is 0. The van der Waals surface area contributed by atoms with Crippen molar-refractivity contribution in [2.75, 3.05) is 0 Å². The minimum absolute atomic E-state index is 0.289. The standard InChI is InChI=1S/C19H15NO2/c1-12-6-5-7-14(10-12)20-13(2)11-16-18(20)15-8-3-4-9-17(15)22-19(16)21/h3-11H,1-2H3. The van der Waals surface area contributed by atoms with Gasteiger partial charge in [0.05, 0.1) is 10.9 Å². The van der Waals surface area contributed by atoms with Crippen LogP contribution in [0.4, 0.5) is 0 Å². The number of fused-ring (bicyclic) bond motifs is 3. The Bertz CT molecular complexity index is 1070. The predicted octanol–water partition coefficient (Wildman–Crippen LogP) is 4.35. The van der Waals surface area contributed by atoms with E-state index in [9.17, 15) is 4.79 Å². The lowest BCUT2D eigenvalue weighted by atomic mass is 10.2. The second-order valence-corrected chi connectivity index (χ2v) is 5.61. The fraction of sp³-hybridized carbons (Fsp3) is 0.105. The van der Waals surface area contributed by atoms with E-state index in [1.54, 1.807) is 0 Å². The Morgan fingerprint density at radius 2 is 1.73 bits per heavy atom. The zero-order valence-electron chi connectivity index (χ0n) is 12.5. The van der Waals surface area contributed by atoms with Crippen LogP contribution in [0.3, 0.4) is 0 Å². The van der Waals surface area contributed by atoms with Gasteiger partial charge in [0, 0.05) is 16.8 Å². The first-order chi connectivity index (χ1) is 10.6. The van der Waals surface area contributed by atoms with Gasteiger partial charge >= 0.3 is 5.63 Å². The topological polar surface area (TPSA) is 35.1 Å². The summed E-state index contributed by atoms with van der Waals surface area (Å²) in [5, 5.41) is 1.57. The Balaban J connectivity index is 2.24. The van der Waals surface area contributed by atoms with E-state index in [-0.39, 0.29) is 5.63 Å². The number of aryl methyl sites for hydroxylation is 2. The normalized spacial score (nSPS) is 11.4. The highest BCUT2D eigenvalue weighted by atomic mass is 16.4. The molecule has 0 atom stereocenters. The van der Waals surface area contributed by atoms with Gasteiger partial charge in [-0.15, -0.1) is 0 Å². The zero-order valence-corrected chi connectivity index (χ0v) is 12.5. The van der Waals surface area contributed by atoms with Crippen molar-refractivity contribution in [3.63, 3.8) is 0 Å². The number of nitrogens with zero attached hydrogens (tertiary/aromatic N) is 1. The molecule has 0 spiro atoms. The second-order valence-electron chi connectivity index (χ2n) is 5.61. The molecule has 0 saturated carbocycles. The summed E-state index contributed by atoms with van der Waals surface area (Å²) in [6.07, 6.45) is 0. The molecule has 2 heterocycles. The summed E-state index contributed by atoms with van der Waals surface area (Å²) in [6, 6.07) is 17.8. The van der Waals surface area contributed by atoms with E-state index in [2.05, 4.69) is 29.7 Å². The maximum Gasteiger partial charge on any atom is 0.345 e. The molecule has 0 fully saturated rings. The van der Waals surface area contributed by atoms with E-state index in [1.165, 1.54) is 5.56 Å². The molecule has 0 bridgehead atoms. The molecule has 0 aliphatic heterocycles. The van der Waals surface area contributed by atoms with Crippen LogP contribution in [0.2, 0.25) is 0 Å². The summed E-state index contributed by atoms with van der Waals surface area (Å²) in [7, 11) is 0. The van der Waals surface area contributed by atoms with Crippen LogP contribution in [0.5, 0.6) is 0 Å². The second kappa shape index (κ2) is 4.60. The summed E-state index contributed by atoms with van der Waals surface area (Å²) >= 11 is 0. The van der Waals surface area contributed by atoms with Crippen molar-refractivity contribution in [3.8, 4) is 5.69 Å². The van der Waals surface area contributed by atoms with Gasteiger partial charge in [-0.25, -0.2) is 4.79 Å². The molecule has 2 aromatic heterocycles. The van der Waals surface area contributed by atoms with Crippen LogP contribution in [-0.4, -0.2) is 4.57 Å². The molecule has 0 radical (unpaired) electrons. The van der Waals surface area contributed by atoms with Crippen molar-refractivity contribution in [2.24, 2.45) is 0 Å². The highest BCUT2D eigenvalue weighted by Gasteiger charge is 2.15. The van der Waals surface area contributed by atoms with Crippen molar-refractivity contribution >= 4 is 21.9 Å². The first-order valence-electron chi connectivity index (χ1n) is 7.26. The highest BCUT2D eigenvalue weighted by molar-refractivity contribution is 6.03. The summed E-state index contributed by atoms with van der Waals surface area (Å²) < 4.78 is 7.56. The Labute approximate surface area is 127 Å². The fourth-order valence-corrected chi connectivity index (χ4v) is 3.07. The van der Waals surface area contributed by atoms with Crippen molar-refractivity contribution in [1.29, 1.82) is 0 Å².